The summed E-state index contributed by atoms with van der Waals surface area (Å²) in [5, 5.41) is 37.4. The Labute approximate surface area is 879 Å². The van der Waals surface area contributed by atoms with Crippen LogP contribution in [-0.2, 0) is 4.74 Å². The van der Waals surface area contributed by atoms with Crippen molar-refractivity contribution in [2.75, 3.05) is 14.1 Å². The number of halogens is 6. The molecule has 0 saturated heterocycles. The topological polar surface area (TPSA) is 148 Å². The van der Waals surface area contributed by atoms with Crippen molar-refractivity contribution in [1.82, 2.24) is 68.3 Å². The van der Waals surface area contributed by atoms with E-state index in [-0.39, 0.29) is 22.7 Å². The van der Waals surface area contributed by atoms with Crippen molar-refractivity contribution in [1.29, 1.82) is 0 Å². The second-order valence-electron chi connectivity index (χ2n) is 55.2. The molecule has 0 aromatic heterocycles. The summed E-state index contributed by atoms with van der Waals surface area (Å²) < 4.78 is 41.0. The fourth-order valence-corrected chi connectivity index (χ4v) is 19.2. The lowest BCUT2D eigenvalue weighted by atomic mass is 9.76. The smallest absolute Gasteiger partial charge is 0.375 e. The Morgan fingerprint density at radius 3 is 0.870 bits per heavy atom. The SMILES string of the molecule is CC(C)N(C)C(C)(C)C.CC(C)N(C)C1CCC1.CC(C)NC(C)(C)C.CC(C)NC(C)(C)C(C)(C)C.CC(C)NC(C)(C)C(C)C.CC(C)NC(C)(C)C(Cl)(Cl)Cl.CC(C)NC(C)(C)C(F)(F)F.CC(C)NC(C)C(C)(C)C.CC(C)NC1(C)CCC1.CC(C)NC1CC2CCC1C2.CC(C)NC1CC2CCC1C2.CC(C)NC1CCC1.CC(C)OC1CC2CCC1C2.CCC(C)(C)NC(C)C. The monoisotopic (exact) mass is 2030 g/mol. The van der Waals surface area contributed by atoms with Crippen LogP contribution in [0.4, 0.5) is 13.2 Å². The van der Waals surface area contributed by atoms with Crippen molar-refractivity contribution in [3.8, 4) is 0 Å². The number of alkyl halides is 6. The second-order valence-corrected chi connectivity index (χ2v) is 57.5. The van der Waals surface area contributed by atoms with Crippen molar-refractivity contribution < 1.29 is 17.9 Å². The highest BCUT2D eigenvalue weighted by atomic mass is 35.6. The summed E-state index contributed by atoms with van der Waals surface area (Å²) in [6.07, 6.45) is 28.4. The van der Waals surface area contributed by atoms with Crippen LogP contribution in [0.15, 0.2) is 0 Å². The van der Waals surface area contributed by atoms with Gasteiger partial charge in [0.15, 0.2) is 0 Å². The molecule has 838 valence electrons. The minimum atomic E-state index is -4.18. The zero-order valence-corrected chi connectivity index (χ0v) is 105. The molecule has 10 unspecified atom stereocenters. The molecule has 10 atom stereocenters. The Hall–Kier alpha value is 0.1000. The first-order chi connectivity index (χ1) is 61.8. The second kappa shape index (κ2) is 68.1. The molecule has 6 bridgehead atoms. The Morgan fingerprint density at radius 2 is 0.739 bits per heavy atom. The van der Waals surface area contributed by atoms with Crippen molar-refractivity contribution in [3.05, 3.63) is 0 Å². The van der Waals surface area contributed by atoms with E-state index in [1.807, 2.05) is 27.7 Å². The molecule has 0 spiro atoms. The van der Waals surface area contributed by atoms with Crippen LogP contribution in [0.1, 0.15) is 522 Å². The molecular weight excluding hydrogens is 1780 g/mol. The molecule has 0 aliphatic heterocycles. The average Bonchev–Trinajstić information content (AvgIpc) is 1.70. The fraction of sp³-hybridized carbons (Fsp3) is 1.00. The van der Waals surface area contributed by atoms with E-state index in [9.17, 15) is 13.2 Å². The third-order valence-corrected chi connectivity index (χ3v) is 30.7. The molecule has 20 heteroatoms. The maximum atomic E-state index is 12.1. The van der Waals surface area contributed by atoms with Crippen molar-refractivity contribution >= 4 is 34.8 Å². The predicted octanol–water partition coefficient (Wildman–Crippen LogP) is 31.5. The Balaban J connectivity index is -0.000000461. The van der Waals surface area contributed by atoms with E-state index in [2.05, 4.69) is 408 Å². The number of hydrogen-bond acceptors (Lipinski definition) is 14. The zero-order chi connectivity index (χ0) is 110. The van der Waals surface area contributed by atoms with Gasteiger partial charge in [0.25, 0.3) is 0 Å². The molecule has 9 saturated carbocycles. The van der Waals surface area contributed by atoms with Gasteiger partial charge in [-0.3, -0.25) is 4.90 Å². The molecule has 0 heterocycles. The lowest BCUT2D eigenvalue weighted by Crippen LogP contribution is -2.54. The van der Waals surface area contributed by atoms with Gasteiger partial charge >= 0.3 is 6.18 Å². The van der Waals surface area contributed by atoms with Crippen LogP contribution in [0.3, 0.4) is 0 Å². The van der Waals surface area contributed by atoms with Crippen molar-refractivity contribution in [3.63, 3.8) is 0 Å². The van der Waals surface area contributed by atoms with Gasteiger partial charge in [-0.05, 0) is 348 Å². The summed E-state index contributed by atoms with van der Waals surface area (Å²) >= 11 is 17.2. The summed E-state index contributed by atoms with van der Waals surface area (Å²) in [5.41, 5.74) is 0.286. The Kier molecular flexibility index (Phi) is 72.3. The minimum absolute atomic E-state index is 0.161. The van der Waals surface area contributed by atoms with Crippen LogP contribution < -0.4 is 58.5 Å². The molecule has 9 fully saturated rings. The van der Waals surface area contributed by atoms with E-state index in [4.69, 9.17) is 39.5 Å². The number of nitrogens with one attached hydrogen (secondary N) is 11. The van der Waals surface area contributed by atoms with Gasteiger partial charge in [0, 0.05) is 142 Å². The summed E-state index contributed by atoms with van der Waals surface area (Å²) in [4.78, 5) is 4.83. The van der Waals surface area contributed by atoms with E-state index in [1.165, 1.54) is 141 Å². The summed E-state index contributed by atoms with van der Waals surface area (Å²) in [6, 6.07) is 11.2. The van der Waals surface area contributed by atoms with Gasteiger partial charge in [-0.15, -0.1) is 0 Å². The number of hydrogen-bond donors (Lipinski definition) is 11. The molecule has 138 heavy (non-hydrogen) atoms. The third-order valence-electron chi connectivity index (χ3n) is 29.3. The molecule has 0 radical (unpaired) electrons. The molecule has 11 N–H and O–H groups in total. The molecule has 0 aromatic carbocycles. The van der Waals surface area contributed by atoms with Crippen LogP contribution >= 0.6 is 34.8 Å². The largest absolute Gasteiger partial charge is 0.406 e. The lowest BCUT2D eigenvalue weighted by molar-refractivity contribution is -0.187. The van der Waals surface area contributed by atoms with Crippen LogP contribution in [0.25, 0.3) is 0 Å². The van der Waals surface area contributed by atoms with Crippen molar-refractivity contribution in [2.45, 2.75) is 697 Å². The zero-order valence-electron chi connectivity index (χ0n) is 103. The highest BCUT2D eigenvalue weighted by Gasteiger charge is 2.48. The molecule has 9 aliphatic carbocycles. The van der Waals surface area contributed by atoms with Gasteiger partial charge in [0.05, 0.1) is 17.7 Å². The first kappa shape index (κ1) is 147. The first-order valence-electron chi connectivity index (χ1n) is 56.6. The van der Waals surface area contributed by atoms with E-state index in [0.29, 0.717) is 118 Å². The maximum Gasteiger partial charge on any atom is 0.406 e. The number of ether oxygens (including phenoxy) is 1. The van der Waals surface area contributed by atoms with Gasteiger partial charge in [0.2, 0.25) is 3.79 Å². The molecular formula is C118H253Cl3F3N13O. The third kappa shape index (κ3) is 71.7. The van der Waals surface area contributed by atoms with E-state index in [1.54, 1.807) is 13.8 Å². The fourth-order valence-electron chi connectivity index (χ4n) is 19.0. The molecule has 9 aliphatic rings. The highest BCUT2D eigenvalue weighted by Crippen LogP contribution is 2.48. The van der Waals surface area contributed by atoms with E-state index >= 15 is 0 Å². The van der Waals surface area contributed by atoms with Crippen LogP contribution in [0.5, 0.6) is 0 Å². The van der Waals surface area contributed by atoms with E-state index in [0.717, 1.165) is 79.6 Å². The molecule has 0 aromatic rings. The highest BCUT2D eigenvalue weighted by molar-refractivity contribution is 6.68. The number of rotatable bonds is 28. The quantitative estimate of drug-likeness (QED) is 0.0338. The van der Waals surface area contributed by atoms with Gasteiger partial charge in [0.1, 0.15) is 5.54 Å². The maximum absolute atomic E-state index is 12.1. The van der Waals surface area contributed by atoms with Crippen LogP contribution in [0.2, 0.25) is 0 Å². The average molecular weight is 2030 g/mol. The Bertz CT molecular complexity index is 2740. The minimum Gasteiger partial charge on any atom is -0.375 e. The summed E-state index contributed by atoms with van der Waals surface area (Å²) in [6.45, 7) is 118. The standard InChI is InChI=1S/2C10H19N.C10H23N.C10H18O.2C9H21N.2C8H17N.2C8H19N.C7H14Cl3N.C7H14F3N.C7H15N.C7H17N/c2*1-7(2)11-10-6-8-3-4-9(10)5-8;1-8(2)11-10(6,7)9(3,4)5;1-7(2)11-10-6-8-3-4-9(10)5-8;1-7(2)10-8(3)9(4,5)6;1-7(2)9(5,6)10-8(3)4;1-7(2)9(3)8-5-4-6-8;1-7(2)9-8(3)5-4-6-8;1-7(2)9(6)8(3,4)5;1-6-8(4,5)9-7(2)3;2*1-5(2)11-6(3,4)7(8,9)10;1-6(2)8-7-4-3-5-7;1-6(2)8-7(3,4)5/h2*7-11H,3-6H2,1-2H3;8,11H,1-7H3;7-10H,3-6H2,1-2H3;2*7-8,10H,1-6H3;7-8H,4-6H2,1-3H3;7,9H,4-6H2,1-3H3;7H,1-6H3;7,9H,6H2,1-5H3;2*5,11H,1-4H3;6-8H,3-5H2,1-2H3;6,8H,1-5H3. The molecule has 0 amide bonds. The van der Waals surface area contributed by atoms with Gasteiger partial charge in [-0.2, -0.15) is 13.2 Å². The molecule has 9 rings (SSSR count). The summed E-state index contributed by atoms with van der Waals surface area (Å²) in [7, 11) is 4.39. The van der Waals surface area contributed by atoms with E-state index < -0.39 is 21.0 Å². The molecule has 14 nitrogen and oxygen atoms in total. The summed E-state index contributed by atoms with van der Waals surface area (Å²) in [5.74, 6) is 6.85. The normalized spacial score (nSPS) is 22.2. The van der Waals surface area contributed by atoms with Crippen molar-refractivity contribution in [2.24, 2.45) is 52.3 Å². The first-order valence-corrected chi connectivity index (χ1v) is 57.7. The number of fused-ring (bicyclic) bond motifs is 6. The van der Waals surface area contributed by atoms with Crippen LogP contribution in [-0.4, -0.2) is 199 Å². The van der Waals surface area contributed by atoms with Gasteiger partial charge in [-0.25, -0.2) is 0 Å². The van der Waals surface area contributed by atoms with Gasteiger partial charge in [-0.1, -0.05) is 275 Å². The van der Waals surface area contributed by atoms with Gasteiger partial charge < -0.3 is 68.1 Å². The number of nitrogens with zero attached hydrogens (tertiary/aromatic N) is 2. The lowest BCUT2D eigenvalue weighted by Gasteiger charge is -2.41. The predicted molar refractivity (Wildman–Crippen MR) is 618 cm³/mol. The van der Waals surface area contributed by atoms with Crippen LogP contribution in [0, 0.1) is 52.3 Å². The Morgan fingerprint density at radius 1 is 0.377 bits per heavy atom.